The molecule has 0 atom stereocenters. The second-order valence-electron chi connectivity index (χ2n) is 23.7. The molecule has 17 rings (SSSR count). The lowest BCUT2D eigenvalue weighted by atomic mass is 9.33. The molecule has 0 bridgehead atoms. The van der Waals surface area contributed by atoms with E-state index in [0.717, 1.165) is 0 Å². The highest BCUT2D eigenvalue weighted by atomic mass is 32.1. The van der Waals surface area contributed by atoms with Crippen LogP contribution >= 0.6 is 11.3 Å². The Bertz CT molecular complexity index is 4400. The Balaban J connectivity index is 0.991. The highest BCUT2D eigenvalue weighted by Crippen LogP contribution is 2.49. The summed E-state index contributed by atoms with van der Waals surface area (Å²) in [5.74, 6) is 0. The first kappa shape index (κ1) is 42.1. The second kappa shape index (κ2) is 14.3. The van der Waals surface area contributed by atoms with Crippen molar-refractivity contribution in [1.29, 1.82) is 0 Å². The molecule has 0 spiro atoms. The number of hydrogen-bond acceptors (Lipinski definition) is 3. The quantitative estimate of drug-likeness (QED) is 0.161. The van der Waals surface area contributed by atoms with E-state index in [1.807, 2.05) is 11.3 Å². The number of aromatic nitrogens is 2. The van der Waals surface area contributed by atoms with E-state index in [2.05, 4.69) is 255 Å². The summed E-state index contributed by atoms with van der Waals surface area (Å²) in [4.78, 5) is 5.19. The van der Waals surface area contributed by atoms with Gasteiger partial charge in [0.25, 0.3) is 13.4 Å². The Hall–Kier alpha value is -8.25. The molecule has 354 valence electrons. The van der Waals surface area contributed by atoms with E-state index >= 15 is 0 Å². The van der Waals surface area contributed by atoms with Crippen LogP contribution in [0.4, 0.5) is 34.1 Å². The highest BCUT2D eigenvalue weighted by Gasteiger charge is 2.46. The average Bonchev–Trinajstić information content (AvgIpc) is 4.17. The topological polar surface area (TPSA) is 16.3 Å². The van der Waals surface area contributed by atoms with Gasteiger partial charge in [0.1, 0.15) is 0 Å². The first-order chi connectivity index (χ1) is 36.5. The van der Waals surface area contributed by atoms with E-state index in [4.69, 9.17) is 0 Å². The van der Waals surface area contributed by atoms with Crippen LogP contribution in [-0.2, 0) is 10.8 Å². The molecule has 75 heavy (non-hydrogen) atoms. The van der Waals surface area contributed by atoms with Crippen LogP contribution < -0.4 is 42.6 Å². The van der Waals surface area contributed by atoms with Gasteiger partial charge in [0.05, 0.1) is 11.0 Å². The highest BCUT2D eigenvalue weighted by molar-refractivity contribution is 7.26. The van der Waals surface area contributed by atoms with Gasteiger partial charge in [-0.2, -0.15) is 0 Å². The van der Waals surface area contributed by atoms with Gasteiger partial charge in [0, 0.05) is 87.5 Å². The monoisotopic (exact) mass is 976 g/mol. The third-order valence-corrected chi connectivity index (χ3v) is 18.6. The van der Waals surface area contributed by atoms with Gasteiger partial charge in [-0.15, -0.1) is 11.3 Å². The number of fused-ring (bicyclic) bond motifs is 17. The van der Waals surface area contributed by atoms with Gasteiger partial charge < -0.3 is 18.9 Å². The fourth-order valence-electron chi connectivity index (χ4n) is 14.2. The molecule has 0 aliphatic carbocycles. The van der Waals surface area contributed by atoms with Crippen LogP contribution in [0.2, 0.25) is 0 Å². The number of nitrogens with zero attached hydrogens (tertiary/aromatic N) is 4. The predicted molar refractivity (Wildman–Crippen MR) is 324 cm³/mol. The second-order valence-corrected chi connectivity index (χ2v) is 24.8. The van der Waals surface area contributed by atoms with E-state index in [-0.39, 0.29) is 24.3 Å². The van der Waals surface area contributed by atoms with Crippen LogP contribution in [0.3, 0.4) is 0 Å². The zero-order valence-electron chi connectivity index (χ0n) is 42.8. The smallest absolute Gasteiger partial charge is 0.252 e. The third-order valence-electron chi connectivity index (χ3n) is 17.5. The number of thiophene rings is 1. The van der Waals surface area contributed by atoms with Gasteiger partial charge in [0.2, 0.25) is 0 Å². The minimum Gasteiger partial charge on any atom is -0.311 e. The average molecular weight is 977 g/mol. The van der Waals surface area contributed by atoms with Crippen LogP contribution in [0.25, 0.3) is 75.2 Å². The minimum absolute atomic E-state index is 0.0226. The van der Waals surface area contributed by atoms with E-state index in [0.29, 0.717) is 0 Å². The zero-order valence-corrected chi connectivity index (χ0v) is 43.6. The van der Waals surface area contributed by atoms with Gasteiger partial charge in [-0.05, 0) is 138 Å². The molecule has 7 heteroatoms. The van der Waals surface area contributed by atoms with E-state index in [1.165, 1.54) is 153 Å². The lowest BCUT2D eigenvalue weighted by molar-refractivity contribution is 0.590. The molecule has 10 aromatic carbocycles. The lowest BCUT2D eigenvalue weighted by Crippen LogP contribution is -2.60. The molecule has 4 aliphatic rings. The fraction of sp³-hybridized carbons (Fsp3) is 0.118. The zero-order chi connectivity index (χ0) is 50.0. The lowest BCUT2D eigenvalue weighted by Gasteiger charge is -2.41. The van der Waals surface area contributed by atoms with Crippen molar-refractivity contribution in [3.63, 3.8) is 0 Å². The summed E-state index contributed by atoms with van der Waals surface area (Å²) in [6.45, 7) is 14.2. The number of benzene rings is 10. The van der Waals surface area contributed by atoms with Crippen molar-refractivity contribution in [3.05, 3.63) is 205 Å². The van der Waals surface area contributed by atoms with Gasteiger partial charge >= 0.3 is 0 Å². The number of para-hydroxylation sites is 6. The van der Waals surface area contributed by atoms with Crippen LogP contribution in [-0.4, -0.2) is 22.6 Å². The molecule has 0 unspecified atom stereocenters. The molecular weight excluding hydrogens is 926 g/mol. The van der Waals surface area contributed by atoms with Crippen LogP contribution in [0.1, 0.15) is 52.7 Å². The minimum atomic E-state index is -0.0833. The molecule has 0 amide bonds. The summed E-state index contributed by atoms with van der Waals surface area (Å²) in [5.41, 5.74) is 25.8. The molecule has 4 aliphatic heterocycles. The van der Waals surface area contributed by atoms with Crippen LogP contribution in [0.15, 0.2) is 194 Å². The fourth-order valence-corrected chi connectivity index (χ4v) is 15.3. The van der Waals surface area contributed by atoms with Crippen molar-refractivity contribution in [2.45, 2.75) is 52.4 Å². The molecule has 0 saturated carbocycles. The predicted octanol–water partition coefficient (Wildman–Crippen LogP) is 14.1. The maximum atomic E-state index is 2.62. The van der Waals surface area contributed by atoms with E-state index in [9.17, 15) is 0 Å². The van der Waals surface area contributed by atoms with Gasteiger partial charge in [-0.1, -0.05) is 163 Å². The molecule has 0 fully saturated rings. The summed E-state index contributed by atoms with van der Waals surface area (Å²) >= 11 is 1.94. The van der Waals surface area contributed by atoms with Crippen LogP contribution in [0.5, 0.6) is 0 Å². The van der Waals surface area contributed by atoms with Crippen molar-refractivity contribution >= 4 is 155 Å². The number of anilines is 6. The van der Waals surface area contributed by atoms with E-state index < -0.39 is 0 Å². The van der Waals surface area contributed by atoms with Crippen molar-refractivity contribution < 1.29 is 0 Å². The maximum absolute atomic E-state index is 2.62. The van der Waals surface area contributed by atoms with Crippen LogP contribution in [0, 0.1) is 0 Å². The SMILES string of the molecule is CC(C)(C)c1cc2c3c(c1)-n1c4ccccc4c4cccc(c41)B3c1cc3c(cc1N2c1ccccc1)sc1cc2c(cc13)B1c3c(cc(C(C)(C)C)cc3-n3c4ccccc4c4cccc1c43)N2c1ccccc1. The summed E-state index contributed by atoms with van der Waals surface area (Å²) in [6, 6.07) is 74.8. The molecule has 7 heterocycles. The van der Waals surface area contributed by atoms with Crippen molar-refractivity contribution in [2.24, 2.45) is 0 Å². The summed E-state index contributed by atoms with van der Waals surface area (Å²) < 4.78 is 7.80. The number of rotatable bonds is 2. The molecular formula is C68H50B2N4S. The Labute approximate surface area is 440 Å². The molecule has 3 aromatic heterocycles. The Morgan fingerprint density at radius 3 is 1.15 bits per heavy atom. The third kappa shape index (κ3) is 5.43. The van der Waals surface area contributed by atoms with Crippen molar-refractivity contribution in [3.8, 4) is 11.4 Å². The number of hydrogen-bond donors (Lipinski definition) is 0. The van der Waals surface area contributed by atoms with Crippen molar-refractivity contribution in [2.75, 3.05) is 9.80 Å². The first-order valence-corrected chi connectivity index (χ1v) is 27.5. The van der Waals surface area contributed by atoms with Gasteiger partial charge in [-0.3, -0.25) is 0 Å². The standard InChI is InChI=1S/C68H50B2N4S/c1-67(2,3)39-31-57-63-59(33-39)73-53-29-15-13-23-43(53)45-25-17-27-49(65(45)73)69(63)51-35-47-48-36-52-56(38-62(48)75-61(47)37-55(51)71(57)41-19-9-7-10-20-41)72(42-21-11-8-12-22-42)58-32-40(68(4,5)6)34-60-64(58)70(52)50-28-18-26-46-44-24-14-16-30-54(44)74(60)66(46)50/h7-38H,1-6H3. The first-order valence-electron chi connectivity index (χ1n) is 26.7. The summed E-state index contributed by atoms with van der Waals surface area (Å²) in [5, 5.41) is 7.88. The van der Waals surface area contributed by atoms with Gasteiger partial charge in [-0.25, -0.2) is 0 Å². The van der Waals surface area contributed by atoms with Gasteiger partial charge in [0.15, 0.2) is 0 Å². The Morgan fingerprint density at radius 2 is 0.720 bits per heavy atom. The molecule has 0 N–H and O–H groups in total. The maximum Gasteiger partial charge on any atom is 0.252 e. The normalized spacial score (nSPS) is 14.2. The molecule has 4 nitrogen and oxygen atoms in total. The molecule has 0 saturated heterocycles. The Morgan fingerprint density at radius 1 is 0.333 bits per heavy atom. The molecule has 13 aromatic rings. The Kier molecular flexibility index (Phi) is 8.05. The largest absolute Gasteiger partial charge is 0.311 e. The summed E-state index contributed by atoms with van der Waals surface area (Å²) in [7, 11) is 0. The van der Waals surface area contributed by atoms with Crippen molar-refractivity contribution in [1.82, 2.24) is 9.13 Å². The molecule has 0 radical (unpaired) electrons. The summed E-state index contributed by atoms with van der Waals surface area (Å²) in [6.07, 6.45) is 0. The van der Waals surface area contributed by atoms with E-state index in [1.54, 1.807) is 0 Å².